The molecule has 0 bridgehead atoms. The summed E-state index contributed by atoms with van der Waals surface area (Å²) in [6.07, 6.45) is 0.121. The van der Waals surface area contributed by atoms with E-state index in [2.05, 4.69) is 5.32 Å². The molecule has 24 heavy (non-hydrogen) atoms. The molecule has 4 nitrogen and oxygen atoms in total. The Bertz CT molecular complexity index is 714. The Hall–Kier alpha value is -1.91. The molecule has 2 rings (SSSR count). The Morgan fingerprint density at radius 3 is 2.29 bits per heavy atom. The van der Waals surface area contributed by atoms with Crippen LogP contribution in [0.3, 0.4) is 0 Å². The minimum atomic E-state index is -0.196. The van der Waals surface area contributed by atoms with Gasteiger partial charge in [0.1, 0.15) is 0 Å². The van der Waals surface area contributed by atoms with E-state index >= 15 is 0 Å². The monoisotopic (exact) mass is 367 g/mol. The number of hydrogen-bond donors (Lipinski definition) is 1. The lowest BCUT2D eigenvalue weighted by atomic mass is 10.1. The second kappa shape index (κ2) is 8.27. The number of rotatable bonds is 6. The summed E-state index contributed by atoms with van der Waals surface area (Å²) in [5, 5.41) is 3.90. The number of amides is 1. The molecular weight excluding hydrogens is 349 g/mol. The standard InChI is InChI=1S/C18H19Cl2NO3/c1-11(12-7-8-16(23-2)17(9-12)24-3)21-18(22)10-13-14(19)5-4-6-15(13)20/h4-9,11H,10H2,1-3H3,(H,21,22). The average Bonchev–Trinajstić information content (AvgIpc) is 2.57. The summed E-state index contributed by atoms with van der Waals surface area (Å²) in [7, 11) is 3.15. The van der Waals surface area contributed by atoms with Crippen molar-refractivity contribution in [3.8, 4) is 11.5 Å². The van der Waals surface area contributed by atoms with Crippen LogP contribution in [0.4, 0.5) is 0 Å². The Morgan fingerprint density at radius 1 is 1.08 bits per heavy atom. The van der Waals surface area contributed by atoms with Gasteiger partial charge in [-0.25, -0.2) is 0 Å². The SMILES string of the molecule is COc1ccc(C(C)NC(=O)Cc2c(Cl)cccc2Cl)cc1OC. The summed E-state index contributed by atoms with van der Waals surface area (Å²) in [4.78, 5) is 12.3. The van der Waals surface area contributed by atoms with Gasteiger partial charge in [-0.2, -0.15) is 0 Å². The van der Waals surface area contributed by atoms with Crippen molar-refractivity contribution in [3.05, 3.63) is 57.6 Å². The zero-order valence-electron chi connectivity index (χ0n) is 13.7. The number of carbonyl (C=O) groups is 1. The molecule has 1 unspecified atom stereocenters. The molecule has 0 aliphatic rings. The van der Waals surface area contributed by atoms with Crippen molar-refractivity contribution in [1.82, 2.24) is 5.32 Å². The predicted molar refractivity (Wildman–Crippen MR) is 96.3 cm³/mol. The van der Waals surface area contributed by atoms with Gasteiger partial charge in [0.15, 0.2) is 11.5 Å². The lowest BCUT2D eigenvalue weighted by molar-refractivity contribution is -0.121. The number of hydrogen-bond acceptors (Lipinski definition) is 3. The van der Waals surface area contributed by atoms with Crippen LogP contribution in [0.5, 0.6) is 11.5 Å². The number of benzene rings is 2. The lowest BCUT2D eigenvalue weighted by Crippen LogP contribution is -2.28. The third-order valence-electron chi connectivity index (χ3n) is 3.68. The highest BCUT2D eigenvalue weighted by atomic mass is 35.5. The minimum Gasteiger partial charge on any atom is -0.493 e. The summed E-state index contributed by atoms with van der Waals surface area (Å²) >= 11 is 12.2. The number of halogens is 2. The van der Waals surface area contributed by atoms with Gasteiger partial charge in [0.05, 0.1) is 26.7 Å². The van der Waals surface area contributed by atoms with Crippen molar-refractivity contribution in [3.63, 3.8) is 0 Å². The zero-order valence-corrected chi connectivity index (χ0v) is 15.2. The van der Waals surface area contributed by atoms with Crippen molar-refractivity contribution < 1.29 is 14.3 Å². The molecule has 0 spiro atoms. The van der Waals surface area contributed by atoms with Gasteiger partial charge in [-0.15, -0.1) is 0 Å². The molecule has 0 heterocycles. The number of ether oxygens (including phenoxy) is 2. The first-order valence-electron chi connectivity index (χ1n) is 7.40. The maximum atomic E-state index is 12.3. The van der Waals surface area contributed by atoms with Crippen molar-refractivity contribution in [2.24, 2.45) is 0 Å². The van der Waals surface area contributed by atoms with E-state index in [1.807, 2.05) is 25.1 Å². The zero-order chi connectivity index (χ0) is 17.7. The molecule has 0 saturated carbocycles. The second-order valence-electron chi connectivity index (χ2n) is 5.28. The van der Waals surface area contributed by atoms with Gasteiger partial charge in [-0.1, -0.05) is 35.3 Å². The Morgan fingerprint density at radius 2 is 1.71 bits per heavy atom. The molecule has 0 radical (unpaired) electrons. The lowest BCUT2D eigenvalue weighted by Gasteiger charge is -2.17. The summed E-state index contributed by atoms with van der Waals surface area (Å²) in [6, 6.07) is 10.5. The van der Waals surface area contributed by atoms with Crippen LogP contribution in [0.15, 0.2) is 36.4 Å². The molecule has 1 N–H and O–H groups in total. The topological polar surface area (TPSA) is 47.6 Å². The van der Waals surface area contributed by atoms with E-state index < -0.39 is 0 Å². The molecule has 2 aromatic carbocycles. The molecule has 0 fully saturated rings. The maximum Gasteiger partial charge on any atom is 0.225 e. The first-order valence-corrected chi connectivity index (χ1v) is 8.16. The molecule has 1 amide bonds. The number of carbonyl (C=O) groups excluding carboxylic acids is 1. The highest BCUT2D eigenvalue weighted by Crippen LogP contribution is 2.30. The van der Waals surface area contributed by atoms with Crippen LogP contribution >= 0.6 is 23.2 Å². The smallest absolute Gasteiger partial charge is 0.225 e. The molecule has 1 atom stereocenters. The summed E-state index contributed by atoms with van der Waals surface area (Å²) in [5.74, 6) is 1.10. The van der Waals surface area contributed by atoms with Crippen molar-refractivity contribution in [2.75, 3.05) is 14.2 Å². The summed E-state index contributed by atoms with van der Waals surface area (Å²) in [6.45, 7) is 1.90. The molecule has 0 aliphatic carbocycles. The normalized spacial score (nSPS) is 11.7. The van der Waals surface area contributed by atoms with Gasteiger partial charge in [0.25, 0.3) is 0 Å². The predicted octanol–water partition coefficient (Wildman–Crippen LogP) is 4.43. The molecule has 6 heteroatoms. The first kappa shape index (κ1) is 18.4. The molecule has 128 valence electrons. The van der Waals surface area contributed by atoms with E-state index in [0.29, 0.717) is 27.1 Å². The molecular formula is C18H19Cl2NO3. The number of nitrogens with one attached hydrogen (secondary N) is 1. The van der Waals surface area contributed by atoms with Crippen molar-refractivity contribution >= 4 is 29.1 Å². The molecule has 2 aromatic rings. The third kappa shape index (κ3) is 4.34. The summed E-state index contributed by atoms with van der Waals surface area (Å²) < 4.78 is 10.5. The average molecular weight is 368 g/mol. The highest BCUT2D eigenvalue weighted by Gasteiger charge is 2.15. The van der Waals surface area contributed by atoms with Crippen LogP contribution in [-0.4, -0.2) is 20.1 Å². The van der Waals surface area contributed by atoms with Gasteiger partial charge in [0, 0.05) is 10.0 Å². The van der Waals surface area contributed by atoms with Crippen LogP contribution in [0.2, 0.25) is 10.0 Å². The van der Waals surface area contributed by atoms with E-state index in [4.69, 9.17) is 32.7 Å². The van der Waals surface area contributed by atoms with Crippen LogP contribution in [0, 0.1) is 0 Å². The second-order valence-corrected chi connectivity index (χ2v) is 6.10. The van der Waals surface area contributed by atoms with Gasteiger partial charge in [0.2, 0.25) is 5.91 Å². The minimum absolute atomic E-state index is 0.121. The molecule has 0 aliphatic heterocycles. The Balaban J connectivity index is 2.09. The van der Waals surface area contributed by atoms with Gasteiger partial charge >= 0.3 is 0 Å². The fraction of sp³-hybridized carbons (Fsp3) is 0.278. The van der Waals surface area contributed by atoms with E-state index in [1.165, 1.54) is 0 Å². The fourth-order valence-corrected chi connectivity index (χ4v) is 2.89. The van der Waals surface area contributed by atoms with Crippen molar-refractivity contribution in [1.29, 1.82) is 0 Å². The molecule has 0 saturated heterocycles. The van der Waals surface area contributed by atoms with Crippen LogP contribution in [-0.2, 0) is 11.2 Å². The highest BCUT2D eigenvalue weighted by molar-refractivity contribution is 6.36. The largest absolute Gasteiger partial charge is 0.493 e. The van der Waals surface area contributed by atoms with Gasteiger partial charge < -0.3 is 14.8 Å². The van der Waals surface area contributed by atoms with Gasteiger partial charge in [-0.05, 0) is 42.3 Å². The van der Waals surface area contributed by atoms with Crippen LogP contribution in [0.1, 0.15) is 24.1 Å². The maximum absolute atomic E-state index is 12.3. The fourth-order valence-electron chi connectivity index (χ4n) is 2.36. The van der Waals surface area contributed by atoms with Gasteiger partial charge in [-0.3, -0.25) is 4.79 Å². The van der Waals surface area contributed by atoms with E-state index in [1.54, 1.807) is 32.4 Å². The molecule has 0 aromatic heterocycles. The van der Waals surface area contributed by atoms with E-state index in [-0.39, 0.29) is 18.4 Å². The third-order valence-corrected chi connectivity index (χ3v) is 4.39. The summed E-state index contributed by atoms with van der Waals surface area (Å²) in [5.41, 5.74) is 1.53. The first-order chi connectivity index (χ1) is 11.5. The van der Waals surface area contributed by atoms with E-state index in [0.717, 1.165) is 5.56 Å². The quantitative estimate of drug-likeness (QED) is 0.821. The van der Waals surface area contributed by atoms with E-state index in [9.17, 15) is 4.79 Å². The van der Waals surface area contributed by atoms with Crippen LogP contribution < -0.4 is 14.8 Å². The Kier molecular flexibility index (Phi) is 6.35. The van der Waals surface area contributed by atoms with Crippen LogP contribution in [0.25, 0.3) is 0 Å². The number of methoxy groups -OCH3 is 2. The van der Waals surface area contributed by atoms with Crippen molar-refractivity contribution in [2.45, 2.75) is 19.4 Å². The Labute approximate surface area is 151 Å².